The van der Waals surface area contributed by atoms with Gasteiger partial charge in [-0.05, 0) is 43.7 Å². The van der Waals surface area contributed by atoms with Crippen LogP contribution in [-0.2, 0) is 10.2 Å². The van der Waals surface area contributed by atoms with Crippen LogP contribution in [0.5, 0.6) is 11.5 Å². The highest BCUT2D eigenvalue weighted by molar-refractivity contribution is 5.98. The minimum Gasteiger partial charge on any atom is -0.486 e. The van der Waals surface area contributed by atoms with Crippen molar-refractivity contribution in [3.8, 4) is 11.5 Å². The Balaban J connectivity index is 1.78. The Bertz CT molecular complexity index is 770. The van der Waals surface area contributed by atoms with Crippen LogP contribution in [0.25, 0.3) is 0 Å². The molecule has 1 amide bonds. The number of amides is 1. The number of ether oxygens (including phenoxy) is 2. The van der Waals surface area contributed by atoms with Gasteiger partial charge in [-0.2, -0.15) is 0 Å². The number of anilines is 2. The lowest BCUT2D eigenvalue weighted by atomic mass is 9.83. The molecule has 0 aliphatic carbocycles. The third-order valence-electron chi connectivity index (χ3n) is 4.34. The predicted octanol–water partition coefficient (Wildman–Crippen LogP) is 2.84. The Hall–Kier alpha value is -2.76. The van der Waals surface area contributed by atoms with E-state index in [-0.39, 0.29) is 5.91 Å². The molecule has 0 saturated heterocycles. The van der Waals surface area contributed by atoms with E-state index >= 15 is 0 Å². The van der Waals surface area contributed by atoms with Crippen LogP contribution >= 0.6 is 0 Å². The van der Waals surface area contributed by atoms with Crippen molar-refractivity contribution in [1.29, 1.82) is 0 Å². The summed E-state index contributed by atoms with van der Waals surface area (Å²) in [7, 11) is 3.89. The van der Waals surface area contributed by atoms with Crippen LogP contribution in [0.3, 0.4) is 0 Å². The molecule has 25 heavy (non-hydrogen) atoms. The van der Waals surface area contributed by atoms with Crippen LogP contribution < -0.4 is 19.7 Å². The van der Waals surface area contributed by atoms with Crippen molar-refractivity contribution in [2.75, 3.05) is 37.5 Å². The molecule has 0 radical (unpaired) electrons. The number of benzene rings is 1. The highest BCUT2D eigenvalue weighted by atomic mass is 16.6. The molecule has 0 atom stereocenters. The fourth-order valence-corrected chi connectivity index (χ4v) is 2.56. The van der Waals surface area contributed by atoms with E-state index in [4.69, 9.17) is 9.47 Å². The Morgan fingerprint density at radius 3 is 2.48 bits per heavy atom. The minimum atomic E-state index is -0.738. The van der Waals surface area contributed by atoms with Crippen LogP contribution in [0.2, 0.25) is 0 Å². The number of pyridine rings is 1. The zero-order valence-corrected chi connectivity index (χ0v) is 15.0. The van der Waals surface area contributed by atoms with Gasteiger partial charge in [-0.3, -0.25) is 4.79 Å². The largest absolute Gasteiger partial charge is 0.486 e. The van der Waals surface area contributed by atoms with Crippen molar-refractivity contribution in [3.63, 3.8) is 0 Å². The van der Waals surface area contributed by atoms with E-state index in [1.165, 1.54) is 0 Å². The summed E-state index contributed by atoms with van der Waals surface area (Å²) in [4.78, 5) is 19.0. The van der Waals surface area contributed by atoms with Gasteiger partial charge in [0.2, 0.25) is 5.91 Å². The van der Waals surface area contributed by atoms with Gasteiger partial charge in [0, 0.05) is 14.1 Å². The number of carbonyl (C=O) groups excluding carboxylic acids is 1. The van der Waals surface area contributed by atoms with E-state index in [1.54, 1.807) is 12.3 Å². The van der Waals surface area contributed by atoms with Gasteiger partial charge in [-0.1, -0.05) is 6.07 Å². The van der Waals surface area contributed by atoms with E-state index in [2.05, 4.69) is 10.3 Å². The molecule has 1 aliphatic heterocycles. The number of hydrogen-bond acceptors (Lipinski definition) is 5. The number of fused-ring (bicyclic) bond motifs is 1. The van der Waals surface area contributed by atoms with Crippen LogP contribution in [0.15, 0.2) is 36.5 Å². The van der Waals surface area contributed by atoms with Gasteiger partial charge in [-0.15, -0.1) is 0 Å². The van der Waals surface area contributed by atoms with Gasteiger partial charge in [0.15, 0.2) is 11.5 Å². The first kappa shape index (κ1) is 17.1. The number of carbonyl (C=O) groups is 1. The second kappa shape index (κ2) is 6.63. The maximum Gasteiger partial charge on any atom is 0.235 e. The maximum absolute atomic E-state index is 12.8. The average Bonchev–Trinajstić information content (AvgIpc) is 2.61. The molecular formula is C19H23N3O3. The zero-order valence-electron chi connectivity index (χ0n) is 15.0. The maximum atomic E-state index is 12.8. The van der Waals surface area contributed by atoms with Crippen molar-refractivity contribution in [2.24, 2.45) is 0 Å². The number of hydrogen-bond donors (Lipinski definition) is 1. The van der Waals surface area contributed by atoms with Gasteiger partial charge in [-0.25, -0.2) is 4.98 Å². The summed E-state index contributed by atoms with van der Waals surface area (Å²) in [6, 6.07) is 9.34. The quantitative estimate of drug-likeness (QED) is 0.926. The standard InChI is InChI=1S/C19H23N3O3/c1-19(2,13-5-7-15-16(11-13)25-10-9-24-15)18(23)21-17-8-6-14(12-20-17)22(3)4/h5-8,11-12H,9-10H2,1-4H3,(H,20,21,23). The Morgan fingerprint density at radius 2 is 1.84 bits per heavy atom. The van der Waals surface area contributed by atoms with Crippen molar-refractivity contribution in [2.45, 2.75) is 19.3 Å². The van der Waals surface area contributed by atoms with Crippen LogP contribution in [-0.4, -0.2) is 38.2 Å². The predicted molar refractivity (Wildman–Crippen MR) is 97.7 cm³/mol. The summed E-state index contributed by atoms with van der Waals surface area (Å²) in [5, 5.41) is 2.89. The molecule has 6 nitrogen and oxygen atoms in total. The number of aromatic nitrogens is 1. The molecule has 6 heteroatoms. The normalized spacial score (nSPS) is 13.3. The van der Waals surface area contributed by atoms with Crippen molar-refractivity contribution >= 4 is 17.4 Å². The SMILES string of the molecule is CN(C)c1ccc(NC(=O)C(C)(C)c2ccc3c(c2)OCCO3)nc1. The molecule has 2 heterocycles. The van der Waals surface area contributed by atoms with E-state index in [0.717, 1.165) is 11.3 Å². The third kappa shape index (κ3) is 3.52. The number of rotatable bonds is 4. The molecular weight excluding hydrogens is 318 g/mol. The molecule has 2 aromatic rings. The number of nitrogens with zero attached hydrogens (tertiary/aromatic N) is 2. The monoisotopic (exact) mass is 341 g/mol. The summed E-state index contributed by atoms with van der Waals surface area (Å²) < 4.78 is 11.2. The molecule has 1 aromatic heterocycles. The third-order valence-corrected chi connectivity index (χ3v) is 4.34. The minimum absolute atomic E-state index is 0.130. The summed E-state index contributed by atoms with van der Waals surface area (Å²) in [5.74, 6) is 1.79. The van der Waals surface area contributed by atoms with Crippen LogP contribution in [0, 0.1) is 0 Å². The molecule has 0 bridgehead atoms. The summed E-state index contributed by atoms with van der Waals surface area (Å²) in [5.41, 5.74) is 1.10. The highest BCUT2D eigenvalue weighted by Crippen LogP contribution is 2.35. The Kier molecular flexibility index (Phi) is 4.53. The van der Waals surface area contributed by atoms with Crippen molar-refractivity contribution < 1.29 is 14.3 Å². The van der Waals surface area contributed by atoms with Gasteiger partial charge in [0.1, 0.15) is 19.0 Å². The van der Waals surface area contributed by atoms with E-state index in [1.807, 2.05) is 57.1 Å². The lowest BCUT2D eigenvalue weighted by Gasteiger charge is -2.26. The lowest BCUT2D eigenvalue weighted by Crippen LogP contribution is -2.35. The number of nitrogens with one attached hydrogen (secondary N) is 1. The topological polar surface area (TPSA) is 63.7 Å². The Morgan fingerprint density at radius 1 is 1.12 bits per heavy atom. The molecule has 1 N–H and O–H groups in total. The van der Waals surface area contributed by atoms with Gasteiger partial charge in [0.05, 0.1) is 17.3 Å². The summed E-state index contributed by atoms with van der Waals surface area (Å²) in [6.45, 7) is 4.82. The Labute approximate surface area is 147 Å². The summed E-state index contributed by atoms with van der Waals surface area (Å²) in [6.07, 6.45) is 1.73. The fraction of sp³-hybridized carbons (Fsp3) is 0.368. The first-order chi connectivity index (χ1) is 11.9. The van der Waals surface area contributed by atoms with Gasteiger partial charge in [0.25, 0.3) is 0 Å². The zero-order chi connectivity index (χ0) is 18.0. The van der Waals surface area contributed by atoms with E-state index in [9.17, 15) is 4.79 Å². The first-order valence-electron chi connectivity index (χ1n) is 8.23. The fourth-order valence-electron chi connectivity index (χ4n) is 2.56. The average molecular weight is 341 g/mol. The molecule has 0 saturated carbocycles. The molecule has 3 rings (SSSR count). The highest BCUT2D eigenvalue weighted by Gasteiger charge is 2.31. The van der Waals surface area contributed by atoms with Gasteiger partial charge < -0.3 is 19.7 Å². The first-order valence-corrected chi connectivity index (χ1v) is 8.23. The van der Waals surface area contributed by atoms with E-state index in [0.29, 0.717) is 30.5 Å². The molecule has 132 valence electrons. The second-order valence-electron chi connectivity index (χ2n) is 6.73. The van der Waals surface area contributed by atoms with Gasteiger partial charge >= 0.3 is 0 Å². The molecule has 0 spiro atoms. The van der Waals surface area contributed by atoms with Crippen LogP contribution in [0.4, 0.5) is 11.5 Å². The van der Waals surface area contributed by atoms with Crippen molar-refractivity contribution in [1.82, 2.24) is 4.98 Å². The smallest absolute Gasteiger partial charge is 0.235 e. The van der Waals surface area contributed by atoms with E-state index < -0.39 is 5.41 Å². The second-order valence-corrected chi connectivity index (χ2v) is 6.73. The van der Waals surface area contributed by atoms with Crippen molar-refractivity contribution in [3.05, 3.63) is 42.1 Å². The molecule has 1 aliphatic rings. The molecule has 0 unspecified atom stereocenters. The van der Waals surface area contributed by atoms with Crippen LogP contribution in [0.1, 0.15) is 19.4 Å². The molecule has 0 fully saturated rings. The lowest BCUT2D eigenvalue weighted by molar-refractivity contribution is -0.120. The molecule has 1 aromatic carbocycles. The summed E-state index contributed by atoms with van der Waals surface area (Å²) >= 11 is 0.